The molecule has 2 aliphatic rings. The van der Waals surface area contributed by atoms with Gasteiger partial charge in [-0.1, -0.05) is 18.2 Å². The van der Waals surface area contributed by atoms with Crippen molar-refractivity contribution < 1.29 is 22.8 Å². The lowest BCUT2D eigenvalue weighted by Gasteiger charge is -2.47. The van der Waals surface area contributed by atoms with Crippen molar-refractivity contribution >= 4 is 11.9 Å². The lowest BCUT2D eigenvalue weighted by Crippen LogP contribution is -2.68. The molecule has 2 atom stereocenters. The second kappa shape index (κ2) is 8.06. The summed E-state index contributed by atoms with van der Waals surface area (Å²) < 4.78 is 38.5. The van der Waals surface area contributed by atoms with Crippen molar-refractivity contribution in [3.05, 3.63) is 65.5 Å². The summed E-state index contributed by atoms with van der Waals surface area (Å²) in [6.45, 7) is 0.909. The van der Waals surface area contributed by atoms with Gasteiger partial charge in [0.15, 0.2) is 0 Å². The normalized spacial score (nSPS) is 22.2. The number of alkyl halides is 3. The number of carbonyl (C=O) groups excluding carboxylic acids is 2. The molecule has 9 heteroatoms. The highest BCUT2D eigenvalue weighted by atomic mass is 19.4. The Kier molecular flexibility index (Phi) is 5.46. The lowest BCUT2D eigenvalue weighted by atomic mass is 9.93. The fourth-order valence-corrected chi connectivity index (χ4v) is 4.02. The van der Waals surface area contributed by atoms with Gasteiger partial charge in [0.05, 0.1) is 18.2 Å². The molecule has 0 saturated carbocycles. The number of piperidine rings is 1. The van der Waals surface area contributed by atoms with Crippen LogP contribution < -0.4 is 5.32 Å². The van der Waals surface area contributed by atoms with Crippen molar-refractivity contribution in [1.82, 2.24) is 20.1 Å². The smallest absolute Gasteiger partial charge is 0.315 e. The van der Waals surface area contributed by atoms with Crippen molar-refractivity contribution in [3.63, 3.8) is 0 Å². The minimum Gasteiger partial charge on any atom is -0.315 e. The van der Waals surface area contributed by atoms with Gasteiger partial charge in [0, 0.05) is 18.9 Å². The third-order valence-electron chi connectivity index (χ3n) is 5.53. The van der Waals surface area contributed by atoms with E-state index in [1.54, 1.807) is 29.4 Å². The topological polar surface area (TPSA) is 65.5 Å². The number of rotatable bonds is 4. The Morgan fingerprint density at radius 3 is 2.50 bits per heavy atom. The molecule has 2 saturated heterocycles. The summed E-state index contributed by atoms with van der Waals surface area (Å²) in [5, 5.41) is 3.20. The molecule has 3 heterocycles. The first-order chi connectivity index (χ1) is 14.3. The summed E-state index contributed by atoms with van der Waals surface area (Å²) in [4.78, 5) is 33.0. The quantitative estimate of drug-likeness (QED) is 0.828. The molecule has 0 spiro atoms. The number of pyridine rings is 1. The van der Waals surface area contributed by atoms with E-state index in [9.17, 15) is 22.8 Å². The molecule has 2 aromatic rings. The molecule has 2 unspecified atom stereocenters. The van der Waals surface area contributed by atoms with E-state index in [4.69, 9.17) is 0 Å². The highest BCUT2D eigenvalue weighted by Gasteiger charge is 2.47. The molecule has 1 aromatic carbocycles. The molecule has 2 aliphatic heterocycles. The van der Waals surface area contributed by atoms with E-state index in [0.717, 1.165) is 24.1 Å². The molecule has 1 aromatic heterocycles. The van der Waals surface area contributed by atoms with Crippen molar-refractivity contribution in [2.75, 3.05) is 6.54 Å². The number of benzene rings is 1. The van der Waals surface area contributed by atoms with E-state index in [1.807, 2.05) is 0 Å². The Hall–Kier alpha value is -2.94. The standard InChI is InChI=1S/C21H21F3N4O2/c22-21(23,24)16-7-5-14(6-8-16)12-27-17-4-2-10-26-18(17)19(29)28(20(27)30)13-15-3-1-9-25-11-15/h1,3,5-9,11,17-18,26H,2,4,10,12-13H2. The van der Waals surface area contributed by atoms with Crippen LogP contribution in [-0.4, -0.2) is 45.4 Å². The Bertz CT molecular complexity index is 918. The SMILES string of the molecule is O=C1C2NCCCC2N(Cc2ccc(C(F)(F)F)cc2)C(=O)N1Cc1cccnc1. The van der Waals surface area contributed by atoms with Crippen molar-refractivity contribution in [1.29, 1.82) is 0 Å². The number of nitrogens with one attached hydrogen (secondary N) is 1. The monoisotopic (exact) mass is 418 g/mol. The third-order valence-corrected chi connectivity index (χ3v) is 5.53. The van der Waals surface area contributed by atoms with Crippen LogP contribution in [0.25, 0.3) is 0 Å². The Morgan fingerprint density at radius 2 is 1.83 bits per heavy atom. The number of imide groups is 1. The van der Waals surface area contributed by atoms with Gasteiger partial charge < -0.3 is 10.2 Å². The number of nitrogens with zero attached hydrogens (tertiary/aromatic N) is 3. The summed E-state index contributed by atoms with van der Waals surface area (Å²) in [5.74, 6) is -0.280. The van der Waals surface area contributed by atoms with E-state index in [0.29, 0.717) is 18.5 Å². The van der Waals surface area contributed by atoms with Crippen LogP contribution >= 0.6 is 0 Å². The molecule has 1 N–H and O–H groups in total. The van der Waals surface area contributed by atoms with E-state index >= 15 is 0 Å². The fourth-order valence-electron chi connectivity index (χ4n) is 4.02. The zero-order valence-corrected chi connectivity index (χ0v) is 16.1. The highest BCUT2D eigenvalue weighted by Crippen LogP contribution is 2.31. The van der Waals surface area contributed by atoms with Crippen LogP contribution in [0, 0.1) is 0 Å². The summed E-state index contributed by atoms with van der Waals surface area (Å²) in [6.07, 6.45) is 0.273. The summed E-state index contributed by atoms with van der Waals surface area (Å²) in [5.41, 5.74) is 0.570. The summed E-state index contributed by atoms with van der Waals surface area (Å²) >= 11 is 0. The van der Waals surface area contributed by atoms with Crippen LogP contribution in [0.5, 0.6) is 0 Å². The van der Waals surface area contributed by atoms with Gasteiger partial charge in [-0.2, -0.15) is 13.2 Å². The maximum Gasteiger partial charge on any atom is 0.416 e. The van der Waals surface area contributed by atoms with Gasteiger partial charge in [0.2, 0.25) is 5.91 Å². The zero-order valence-electron chi connectivity index (χ0n) is 16.1. The first kappa shape index (κ1) is 20.3. The van der Waals surface area contributed by atoms with E-state index < -0.39 is 23.8 Å². The molecule has 0 bridgehead atoms. The van der Waals surface area contributed by atoms with Crippen LogP contribution in [0.3, 0.4) is 0 Å². The number of hydrogen-bond acceptors (Lipinski definition) is 4. The number of aromatic nitrogens is 1. The van der Waals surface area contributed by atoms with Crippen molar-refractivity contribution in [2.45, 2.75) is 44.2 Å². The lowest BCUT2D eigenvalue weighted by molar-refractivity contribution is -0.138. The minimum absolute atomic E-state index is 0.0971. The Morgan fingerprint density at radius 1 is 1.07 bits per heavy atom. The molecule has 0 radical (unpaired) electrons. The molecule has 6 nitrogen and oxygen atoms in total. The first-order valence-electron chi connectivity index (χ1n) is 9.75. The van der Waals surface area contributed by atoms with Crippen LogP contribution in [0.4, 0.5) is 18.0 Å². The zero-order chi connectivity index (χ0) is 21.3. The number of urea groups is 1. The van der Waals surface area contributed by atoms with Crippen molar-refractivity contribution in [2.24, 2.45) is 0 Å². The number of halogens is 3. The third kappa shape index (κ3) is 4.02. The average Bonchev–Trinajstić information content (AvgIpc) is 2.75. The maximum absolute atomic E-state index is 13.2. The van der Waals surface area contributed by atoms with Crippen molar-refractivity contribution in [3.8, 4) is 0 Å². The van der Waals surface area contributed by atoms with Gasteiger partial charge in [0.1, 0.15) is 6.04 Å². The largest absolute Gasteiger partial charge is 0.416 e. The van der Waals surface area contributed by atoms with Gasteiger partial charge in [-0.15, -0.1) is 0 Å². The van der Waals surface area contributed by atoms with E-state index in [-0.39, 0.29) is 25.0 Å². The van der Waals surface area contributed by atoms with Crippen LogP contribution in [-0.2, 0) is 24.1 Å². The number of amides is 3. The van der Waals surface area contributed by atoms with E-state index in [1.165, 1.54) is 17.0 Å². The van der Waals surface area contributed by atoms with Gasteiger partial charge in [0.25, 0.3) is 0 Å². The van der Waals surface area contributed by atoms with Crippen LogP contribution in [0.15, 0.2) is 48.8 Å². The molecule has 30 heavy (non-hydrogen) atoms. The minimum atomic E-state index is -4.41. The number of hydrogen-bond donors (Lipinski definition) is 1. The predicted octanol–water partition coefficient (Wildman–Crippen LogP) is 3.19. The van der Waals surface area contributed by atoms with Crippen LogP contribution in [0.1, 0.15) is 29.5 Å². The second-order valence-corrected chi connectivity index (χ2v) is 7.53. The van der Waals surface area contributed by atoms with Gasteiger partial charge in [-0.05, 0) is 48.7 Å². The van der Waals surface area contributed by atoms with Gasteiger partial charge >= 0.3 is 12.2 Å². The molecular weight excluding hydrogens is 397 g/mol. The van der Waals surface area contributed by atoms with Gasteiger partial charge in [-0.25, -0.2) is 4.79 Å². The van der Waals surface area contributed by atoms with E-state index in [2.05, 4.69) is 10.3 Å². The highest BCUT2D eigenvalue weighted by molar-refractivity contribution is 6.00. The Labute approximate surface area is 171 Å². The molecule has 0 aliphatic carbocycles. The average molecular weight is 418 g/mol. The first-order valence-corrected chi connectivity index (χ1v) is 9.75. The molecule has 4 rings (SSSR count). The summed E-state index contributed by atoms with van der Waals surface area (Å²) in [7, 11) is 0. The van der Waals surface area contributed by atoms with Crippen LogP contribution in [0.2, 0.25) is 0 Å². The molecular formula is C21H21F3N4O2. The maximum atomic E-state index is 13.2. The predicted molar refractivity (Wildman–Crippen MR) is 102 cm³/mol. The summed E-state index contributed by atoms with van der Waals surface area (Å²) in [6, 6.07) is 7.01. The molecule has 2 fully saturated rings. The second-order valence-electron chi connectivity index (χ2n) is 7.53. The number of carbonyl (C=O) groups is 2. The molecule has 3 amide bonds. The Balaban J connectivity index is 1.59. The van der Waals surface area contributed by atoms with Gasteiger partial charge in [-0.3, -0.25) is 14.7 Å². The molecule has 158 valence electrons. The number of fused-ring (bicyclic) bond motifs is 1. The fraction of sp³-hybridized carbons (Fsp3) is 0.381.